The van der Waals surface area contributed by atoms with E-state index >= 15 is 0 Å². The molecular formula is C106H111Cl2F2N23O6S3. The lowest BCUT2D eigenvalue weighted by Gasteiger charge is -2.41. The van der Waals surface area contributed by atoms with Crippen LogP contribution in [0.2, 0.25) is 10.0 Å². The van der Waals surface area contributed by atoms with Crippen molar-refractivity contribution in [1.29, 1.82) is 5.26 Å². The summed E-state index contributed by atoms with van der Waals surface area (Å²) in [6.45, 7) is 10.6. The topological polar surface area (TPSA) is 407 Å². The molecule has 8 atom stereocenters. The third-order valence-electron chi connectivity index (χ3n) is 27.9. The van der Waals surface area contributed by atoms with E-state index in [0.29, 0.717) is 61.9 Å². The van der Waals surface area contributed by atoms with Crippen LogP contribution in [0.25, 0.3) is 55.7 Å². The van der Waals surface area contributed by atoms with Crippen LogP contribution in [0.15, 0.2) is 230 Å². The number of aromatic nitrogens is 6. The van der Waals surface area contributed by atoms with Gasteiger partial charge in [0.1, 0.15) is 27.4 Å². The number of halogens is 4. The van der Waals surface area contributed by atoms with Gasteiger partial charge in [-0.1, -0.05) is 115 Å². The van der Waals surface area contributed by atoms with Gasteiger partial charge in [0.15, 0.2) is 29.8 Å². The molecule has 0 saturated heterocycles. The number of nitrogens with two attached hydrogens (primary N) is 5. The van der Waals surface area contributed by atoms with E-state index in [9.17, 15) is 37.5 Å². The van der Waals surface area contributed by atoms with E-state index < -0.39 is 51.4 Å². The molecule has 142 heavy (non-hydrogen) atoms. The molecule has 0 radical (unpaired) electrons. The number of carbonyl (C=O) groups is 6. The van der Waals surface area contributed by atoms with Crippen LogP contribution in [-0.4, -0.2) is 185 Å². The van der Waals surface area contributed by atoms with Crippen LogP contribution >= 0.6 is 57.6 Å². The van der Waals surface area contributed by atoms with Crippen molar-refractivity contribution in [3.05, 3.63) is 287 Å². The highest BCUT2D eigenvalue weighted by Crippen LogP contribution is 2.51. The third-order valence-corrected chi connectivity index (χ3v) is 31.7. The fourth-order valence-electron chi connectivity index (χ4n) is 18.9. The van der Waals surface area contributed by atoms with Crippen molar-refractivity contribution in [1.82, 2.24) is 59.1 Å². The molecule has 6 amide bonds. The minimum atomic E-state index is -1.02. The zero-order valence-electron chi connectivity index (χ0n) is 81.0. The molecule has 20 rings (SSSR count). The number of amides is 6. The van der Waals surface area contributed by atoms with Crippen LogP contribution in [0.4, 0.5) is 8.78 Å². The van der Waals surface area contributed by atoms with Crippen LogP contribution in [0.3, 0.4) is 0 Å². The Morgan fingerprint density at radius 1 is 0.493 bits per heavy atom. The average molecular weight is 2010 g/mol. The van der Waals surface area contributed by atoms with Crippen molar-refractivity contribution in [2.75, 3.05) is 55.6 Å². The number of nitriles is 1. The van der Waals surface area contributed by atoms with E-state index in [2.05, 4.69) is 93.2 Å². The van der Waals surface area contributed by atoms with Crippen LogP contribution in [0.1, 0.15) is 187 Å². The van der Waals surface area contributed by atoms with E-state index in [4.69, 9.17) is 67.1 Å². The van der Waals surface area contributed by atoms with Gasteiger partial charge < -0.3 is 33.6 Å². The van der Waals surface area contributed by atoms with Gasteiger partial charge >= 0.3 is 0 Å². The summed E-state index contributed by atoms with van der Waals surface area (Å²) in [5, 5.41) is 19.1. The maximum Gasteiger partial charge on any atom is 0.253 e. The SMILES string of the molecule is CN(C)C(=O)c1cccc(-c2csc([C@]3(C)CC(=O)N(C)C(N)=N3)c2)c1.CN1C(=O)C[C@@](C)(c2ccc3c(cnn3CC3CCCC3)c2)N=C1N.CN1C(=O)[C@@H](c2ccc(C3CC3)cc2)[C@@](C)(c2ccnc(-c3cc(Cl)cnc3F)c2)N=C1N.CN1C(=O)[C@H](c2ccc(C3CC3)cc2)[C@@](C)(c2ccnc(-c3cc(Cl)cnc3F)c2)N=C1N.CSC1C(=O)N(C)C(N)=N[C@]1(C)c1cc(-c2cccc(C#N)c2)cs1. The minimum absolute atomic E-state index is 0.00738. The molecule has 8 aliphatic rings. The summed E-state index contributed by atoms with van der Waals surface area (Å²) in [5.41, 5.74) is 40.1. The van der Waals surface area contributed by atoms with Gasteiger partial charge in [0.25, 0.3) is 5.91 Å². The Hall–Kier alpha value is -14.0. The summed E-state index contributed by atoms with van der Waals surface area (Å²) >= 11 is 16.7. The second-order valence-electron chi connectivity index (χ2n) is 38.1. The first-order chi connectivity index (χ1) is 67.6. The lowest BCUT2D eigenvalue weighted by Crippen LogP contribution is -2.55. The first kappa shape index (κ1) is 101. The zero-order valence-corrected chi connectivity index (χ0v) is 85.0. The van der Waals surface area contributed by atoms with Gasteiger partial charge in [-0.05, 0) is 254 Å². The van der Waals surface area contributed by atoms with Crippen LogP contribution in [0, 0.1) is 29.1 Å². The number of carbonyl (C=O) groups excluding carboxylic acids is 6. The molecule has 3 saturated carbocycles. The fraction of sp³-hybridized carbons (Fsp3) is 0.330. The third kappa shape index (κ3) is 20.8. The molecule has 7 aromatic heterocycles. The molecule has 0 bridgehead atoms. The fourth-order valence-corrected chi connectivity index (χ4v) is 22.4. The summed E-state index contributed by atoms with van der Waals surface area (Å²) in [4.78, 5) is 126. The highest BCUT2D eigenvalue weighted by molar-refractivity contribution is 8.00. The number of pyridine rings is 4. The number of benzene rings is 5. The van der Waals surface area contributed by atoms with E-state index in [1.807, 2.05) is 131 Å². The summed E-state index contributed by atoms with van der Waals surface area (Å²) < 4.78 is 31.0. The normalized spacial score (nSPS) is 22.8. The molecule has 29 nitrogen and oxygen atoms in total. The number of hydrogen-bond acceptors (Lipinski definition) is 25. The van der Waals surface area contributed by atoms with Crippen LogP contribution in [-0.2, 0) is 58.2 Å². The average Bonchev–Trinajstić information content (AvgIpc) is 1.15. The predicted octanol–water partition coefficient (Wildman–Crippen LogP) is 17.3. The van der Waals surface area contributed by atoms with Crippen molar-refractivity contribution < 1.29 is 37.5 Å². The number of aliphatic imine (C=N–C) groups is 5. The number of nitrogens with zero attached hydrogens (tertiary/aromatic N) is 18. The molecule has 36 heteroatoms. The number of thioether (sulfide) groups is 1. The quantitative estimate of drug-likeness (QED) is 0.0529. The predicted molar refractivity (Wildman–Crippen MR) is 556 cm³/mol. The number of hydrogen-bond donors (Lipinski definition) is 5. The monoisotopic (exact) mass is 2010 g/mol. The number of fused-ring (bicyclic) bond motifs is 1. The number of likely N-dealkylation sites (N-methyl/N-ethyl adjacent to an activating group) is 2. The standard InChI is InChI=1S/2C25H23ClFN5O.C19H25N5O.C19H22N4O2S.C18H18N4OS2/c2*1-25(17-9-10-29-20(11-17)19-12-18(26)13-30-22(19)27)21(23(33)32(2)24(28)31-25)16-7-5-15(6-8-16)14-3-4-14;1-19(10-17(25)23(2)18(20)22-19)15-7-8-16-14(9-15)11-21-24(16)12-13-5-3-4-6-13;1-19(10-16(24)23(4)18(20)21-19)15-9-14(11-26-15)12-6-5-7-13(8-12)17(25)22(2)3;1-18(15(24-3)16(23)22(2)17(20)21-18)14-8-13(10-25-14)12-6-4-5-11(7-12)9-19/h2*5-14,21H,3-4H2,1-2H3,(H2,28,31);7-9,11,13H,3-6,10,12H2,1-2H3,(H2,20,22);5-9,11H,10H2,1-4H3,(H2,20,21);4-8,10,15H,1-3H3,(H2,20,21)/t21-,25+;21-,25-;2*19-;15?,18-/m01001/s1. The number of rotatable bonds is 17. The van der Waals surface area contributed by atoms with E-state index in [1.54, 1.807) is 126 Å². The summed E-state index contributed by atoms with van der Waals surface area (Å²) in [6.07, 6.45) is 20.2. The molecular weight excluding hydrogens is 1900 g/mol. The molecule has 10 N–H and O–H groups in total. The van der Waals surface area contributed by atoms with Gasteiger partial charge in [-0.3, -0.25) is 67.9 Å². The van der Waals surface area contributed by atoms with Gasteiger partial charge in [0.2, 0.25) is 41.4 Å². The van der Waals surface area contributed by atoms with E-state index in [1.165, 1.54) is 123 Å². The van der Waals surface area contributed by atoms with Crippen molar-refractivity contribution in [3.63, 3.8) is 0 Å². The molecule has 12 aromatic rings. The molecule has 3 fully saturated rings. The van der Waals surface area contributed by atoms with Gasteiger partial charge in [0, 0.05) is 101 Å². The number of guanidine groups is 5. The molecule has 1 unspecified atom stereocenters. The smallest absolute Gasteiger partial charge is 0.253 e. The highest BCUT2D eigenvalue weighted by atomic mass is 35.5. The summed E-state index contributed by atoms with van der Waals surface area (Å²) in [7, 11) is 11.7. The zero-order chi connectivity index (χ0) is 102. The van der Waals surface area contributed by atoms with Crippen LogP contribution in [0.5, 0.6) is 0 Å². The first-order valence-electron chi connectivity index (χ1n) is 46.5. The molecule has 0 spiro atoms. The summed E-state index contributed by atoms with van der Waals surface area (Å²) in [5.74, 6) is -0.0314. The van der Waals surface area contributed by atoms with E-state index in [0.717, 1.165) is 72.1 Å². The Labute approximate surface area is 845 Å². The maximum absolute atomic E-state index is 14.4. The Bertz CT molecular complexity index is 6930. The van der Waals surface area contributed by atoms with Gasteiger partial charge in [0.05, 0.1) is 86.1 Å². The minimum Gasteiger partial charge on any atom is -0.369 e. The Morgan fingerprint density at radius 2 is 0.944 bits per heavy atom. The van der Waals surface area contributed by atoms with Gasteiger partial charge in [-0.2, -0.15) is 19.1 Å². The Kier molecular flexibility index (Phi) is 29.1. The molecule has 732 valence electrons. The molecule has 5 aliphatic heterocycles. The van der Waals surface area contributed by atoms with E-state index in [-0.39, 0.29) is 88.0 Å². The van der Waals surface area contributed by atoms with Crippen molar-refractivity contribution in [2.45, 2.75) is 162 Å². The lowest BCUT2D eigenvalue weighted by atomic mass is 9.74. The second kappa shape index (κ2) is 40.9. The Morgan fingerprint density at radius 3 is 1.43 bits per heavy atom. The van der Waals surface area contributed by atoms with Crippen molar-refractivity contribution in [3.8, 4) is 50.8 Å². The molecule has 5 aromatic carbocycles. The second-order valence-corrected chi connectivity index (χ2v) is 41.8. The van der Waals surface area contributed by atoms with Gasteiger partial charge in [-0.15, -0.1) is 34.4 Å². The molecule has 12 heterocycles. The maximum atomic E-state index is 14.4. The number of thiophene rings is 2. The Balaban J connectivity index is 0.000000128. The van der Waals surface area contributed by atoms with Crippen molar-refractivity contribution >= 4 is 134 Å². The highest BCUT2D eigenvalue weighted by Gasteiger charge is 2.51. The lowest BCUT2D eigenvalue weighted by molar-refractivity contribution is -0.131. The first-order valence-corrected chi connectivity index (χ1v) is 50.3. The van der Waals surface area contributed by atoms with Gasteiger partial charge in [-0.25, -0.2) is 34.9 Å². The largest absolute Gasteiger partial charge is 0.369 e. The van der Waals surface area contributed by atoms with Crippen molar-refractivity contribution in [2.24, 2.45) is 59.5 Å². The molecule has 3 aliphatic carbocycles. The summed E-state index contributed by atoms with van der Waals surface area (Å²) in [6, 6.07) is 53.8. The van der Waals surface area contributed by atoms with Crippen LogP contribution < -0.4 is 28.7 Å².